The molecule has 0 N–H and O–H groups in total. The van der Waals surface area contributed by atoms with Crippen LogP contribution in [-0.4, -0.2) is 31.4 Å². The van der Waals surface area contributed by atoms with Crippen LogP contribution in [0.1, 0.15) is 42.6 Å². The van der Waals surface area contributed by atoms with Gasteiger partial charge in [0.2, 0.25) is 0 Å². The minimum atomic E-state index is -0.187. The van der Waals surface area contributed by atoms with Crippen LogP contribution in [0.3, 0.4) is 0 Å². The Labute approximate surface area is 130 Å². The molecule has 1 fully saturated rings. The molecular weight excluding hydrogens is 280 g/mol. The van der Waals surface area contributed by atoms with E-state index < -0.39 is 0 Å². The number of nitrogens with zero attached hydrogens (tertiary/aromatic N) is 2. The number of carbonyl (C=O) groups excluding carboxylic acids is 2. The SMILES string of the molecule is CCOC(=O)[C@@H]1CCCN(c2cc(C(C)=O)ccc2C#N)C1. The zero-order valence-electron chi connectivity index (χ0n) is 13.0. The summed E-state index contributed by atoms with van der Waals surface area (Å²) < 4.78 is 5.10. The average molecular weight is 300 g/mol. The molecule has 0 saturated carbocycles. The summed E-state index contributed by atoms with van der Waals surface area (Å²) in [5.74, 6) is -0.403. The van der Waals surface area contributed by atoms with Gasteiger partial charge in [0, 0.05) is 18.7 Å². The van der Waals surface area contributed by atoms with E-state index in [0.29, 0.717) is 24.3 Å². The Kier molecular flexibility index (Phi) is 5.16. The number of carbonyl (C=O) groups is 2. The number of hydrogen-bond acceptors (Lipinski definition) is 5. The summed E-state index contributed by atoms with van der Waals surface area (Å²) in [6.45, 7) is 4.96. The lowest BCUT2D eigenvalue weighted by atomic mass is 9.96. The molecule has 0 bridgehead atoms. The fourth-order valence-electron chi connectivity index (χ4n) is 2.76. The van der Waals surface area contributed by atoms with Crippen LogP contribution in [0.2, 0.25) is 0 Å². The Balaban J connectivity index is 2.26. The van der Waals surface area contributed by atoms with Crippen LogP contribution < -0.4 is 4.90 Å². The van der Waals surface area contributed by atoms with E-state index in [0.717, 1.165) is 25.1 Å². The molecule has 116 valence electrons. The van der Waals surface area contributed by atoms with Crippen molar-refractivity contribution < 1.29 is 14.3 Å². The quantitative estimate of drug-likeness (QED) is 0.631. The molecule has 1 aromatic rings. The Hall–Kier alpha value is -2.35. The van der Waals surface area contributed by atoms with Crippen molar-refractivity contribution in [1.29, 1.82) is 5.26 Å². The van der Waals surface area contributed by atoms with E-state index in [4.69, 9.17) is 4.74 Å². The smallest absolute Gasteiger partial charge is 0.310 e. The monoisotopic (exact) mass is 300 g/mol. The van der Waals surface area contributed by atoms with Gasteiger partial charge in [-0.2, -0.15) is 5.26 Å². The van der Waals surface area contributed by atoms with E-state index in [2.05, 4.69) is 6.07 Å². The van der Waals surface area contributed by atoms with Crippen LogP contribution >= 0.6 is 0 Å². The van der Waals surface area contributed by atoms with Gasteiger partial charge in [0.05, 0.1) is 23.8 Å². The van der Waals surface area contributed by atoms with Crippen molar-refractivity contribution in [3.05, 3.63) is 29.3 Å². The van der Waals surface area contributed by atoms with Crippen molar-refractivity contribution in [2.45, 2.75) is 26.7 Å². The lowest BCUT2D eigenvalue weighted by Gasteiger charge is -2.33. The highest BCUT2D eigenvalue weighted by Gasteiger charge is 2.28. The second-order valence-electron chi connectivity index (χ2n) is 5.44. The molecule has 0 unspecified atom stereocenters. The van der Waals surface area contributed by atoms with Crippen LogP contribution in [0.4, 0.5) is 5.69 Å². The van der Waals surface area contributed by atoms with Crippen molar-refractivity contribution in [3.63, 3.8) is 0 Å². The second kappa shape index (κ2) is 7.08. The minimum Gasteiger partial charge on any atom is -0.466 e. The van der Waals surface area contributed by atoms with Crippen LogP contribution in [0, 0.1) is 17.2 Å². The molecular formula is C17H20N2O3. The highest BCUT2D eigenvalue weighted by Crippen LogP contribution is 2.28. The van der Waals surface area contributed by atoms with E-state index in [1.54, 1.807) is 25.1 Å². The summed E-state index contributed by atoms with van der Waals surface area (Å²) in [6, 6.07) is 7.23. The van der Waals surface area contributed by atoms with Crippen molar-refractivity contribution in [1.82, 2.24) is 0 Å². The number of benzene rings is 1. The summed E-state index contributed by atoms with van der Waals surface area (Å²) >= 11 is 0. The van der Waals surface area contributed by atoms with Gasteiger partial charge in [-0.3, -0.25) is 9.59 Å². The topological polar surface area (TPSA) is 70.4 Å². The Morgan fingerprint density at radius 3 is 2.86 bits per heavy atom. The molecule has 0 spiro atoms. The summed E-state index contributed by atoms with van der Waals surface area (Å²) in [6.07, 6.45) is 1.66. The van der Waals surface area contributed by atoms with Crippen LogP contribution in [0.25, 0.3) is 0 Å². The maximum atomic E-state index is 11.9. The van der Waals surface area contributed by atoms with Gasteiger partial charge < -0.3 is 9.64 Å². The van der Waals surface area contributed by atoms with E-state index in [9.17, 15) is 14.9 Å². The lowest BCUT2D eigenvalue weighted by Crippen LogP contribution is -2.39. The normalized spacial score (nSPS) is 17.7. The largest absolute Gasteiger partial charge is 0.466 e. The van der Waals surface area contributed by atoms with Crippen molar-refractivity contribution in [2.24, 2.45) is 5.92 Å². The number of anilines is 1. The van der Waals surface area contributed by atoms with Gasteiger partial charge in [0.25, 0.3) is 0 Å². The predicted molar refractivity (Wildman–Crippen MR) is 82.7 cm³/mol. The molecule has 1 saturated heterocycles. The molecule has 1 heterocycles. The van der Waals surface area contributed by atoms with Gasteiger partial charge >= 0.3 is 5.97 Å². The van der Waals surface area contributed by atoms with Gasteiger partial charge in [-0.05, 0) is 44.9 Å². The molecule has 1 aromatic carbocycles. The molecule has 5 nitrogen and oxygen atoms in total. The van der Waals surface area contributed by atoms with Crippen LogP contribution in [0.5, 0.6) is 0 Å². The number of ketones is 1. The maximum Gasteiger partial charge on any atom is 0.310 e. The fourth-order valence-corrected chi connectivity index (χ4v) is 2.76. The van der Waals surface area contributed by atoms with E-state index in [1.165, 1.54) is 6.92 Å². The summed E-state index contributed by atoms with van der Waals surface area (Å²) in [5.41, 5.74) is 1.82. The number of ether oxygens (including phenoxy) is 1. The molecule has 0 amide bonds. The van der Waals surface area contributed by atoms with Crippen LogP contribution in [-0.2, 0) is 9.53 Å². The van der Waals surface area contributed by atoms with E-state index >= 15 is 0 Å². The first-order chi connectivity index (χ1) is 10.6. The summed E-state index contributed by atoms with van der Waals surface area (Å²) in [4.78, 5) is 25.5. The zero-order chi connectivity index (χ0) is 16.1. The maximum absolute atomic E-state index is 11.9. The average Bonchev–Trinajstić information content (AvgIpc) is 2.54. The van der Waals surface area contributed by atoms with Crippen molar-refractivity contribution in [3.8, 4) is 6.07 Å². The molecule has 0 radical (unpaired) electrons. The van der Waals surface area contributed by atoms with Gasteiger partial charge in [-0.15, -0.1) is 0 Å². The number of nitriles is 1. The number of Topliss-reactive ketones (excluding diaryl/α,β-unsaturated/α-hetero) is 1. The third-order valence-corrected chi connectivity index (χ3v) is 3.91. The minimum absolute atomic E-state index is 0.0373. The predicted octanol–water partition coefficient (Wildman–Crippen LogP) is 2.54. The zero-order valence-corrected chi connectivity index (χ0v) is 13.0. The number of piperidine rings is 1. The van der Waals surface area contributed by atoms with E-state index in [1.807, 2.05) is 4.90 Å². The summed E-state index contributed by atoms with van der Waals surface area (Å²) in [5, 5.41) is 9.28. The van der Waals surface area contributed by atoms with E-state index in [-0.39, 0.29) is 17.7 Å². The number of hydrogen-bond donors (Lipinski definition) is 0. The standard InChI is InChI=1S/C17H20N2O3/c1-3-22-17(21)15-5-4-8-19(11-15)16-9-13(12(2)20)6-7-14(16)10-18/h6-7,9,15H,3-5,8,11H2,1-2H3/t15-/m1/s1. The first-order valence-electron chi connectivity index (χ1n) is 7.53. The van der Waals surface area contributed by atoms with Gasteiger partial charge in [0.15, 0.2) is 5.78 Å². The van der Waals surface area contributed by atoms with Crippen LogP contribution in [0.15, 0.2) is 18.2 Å². The molecule has 22 heavy (non-hydrogen) atoms. The molecule has 1 aliphatic rings. The second-order valence-corrected chi connectivity index (χ2v) is 5.44. The van der Waals surface area contributed by atoms with Crippen molar-refractivity contribution in [2.75, 3.05) is 24.6 Å². The lowest BCUT2D eigenvalue weighted by molar-refractivity contribution is -0.148. The van der Waals surface area contributed by atoms with Gasteiger partial charge in [-0.1, -0.05) is 0 Å². The highest BCUT2D eigenvalue weighted by molar-refractivity contribution is 5.95. The highest BCUT2D eigenvalue weighted by atomic mass is 16.5. The molecule has 5 heteroatoms. The van der Waals surface area contributed by atoms with Gasteiger partial charge in [0.1, 0.15) is 6.07 Å². The Morgan fingerprint density at radius 2 is 2.23 bits per heavy atom. The fraction of sp³-hybridized carbons (Fsp3) is 0.471. The Bertz CT molecular complexity index is 619. The number of rotatable bonds is 4. The molecule has 1 aliphatic heterocycles. The Morgan fingerprint density at radius 1 is 1.45 bits per heavy atom. The van der Waals surface area contributed by atoms with Gasteiger partial charge in [-0.25, -0.2) is 0 Å². The number of esters is 1. The third-order valence-electron chi connectivity index (χ3n) is 3.91. The first kappa shape index (κ1) is 16.0. The summed E-state index contributed by atoms with van der Waals surface area (Å²) in [7, 11) is 0. The molecule has 0 aliphatic carbocycles. The third kappa shape index (κ3) is 3.45. The molecule has 0 aromatic heterocycles. The molecule has 1 atom stereocenters. The van der Waals surface area contributed by atoms with Crippen molar-refractivity contribution >= 4 is 17.4 Å². The molecule has 2 rings (SSSR count). The first-order valence-corrected chi connectivity index (χ1v) is 7.53.